The molecule has 0 aliphatic rings. The molecule has 1 aromatic heterocycles. The maximum atomic E-state index is 11.8. The van der Waals surface area contributed by atoms with Crippen molar-refractivity contribution in [1.29, 1.82) is 0 Å². The second kappa shape index (κ2) is 6.52. The summed E-state index contributed by atoms with van der Waals surface area (Å²) in [6.07, 6.45) is 0. The topological polar surface area (TPSA) is 51.2 Å². The van der Waals surface area contributed by atoms with Crippen LogP contribution >= 0.6 is 23.2 Å². The lowest BCUT2D eigenvalue weighted by Gasteiger charge is -2.07. The van der Waals surface area contributed by atoms with Crippen molar-refractivity contribution in [3.63, 3.8) is 0 Å². The van der Waals surface area contributed by atoms with Crippen LogP contribution in [-0.2, 0) is 11.4 Å². The van der Waals surface area contributed by atoms with Crippen LogP contribution in [0, 0.1) is 0 Å². The highest BCUT2D eigenvalue weighted by Crippen LogP contribution is 2.16. The van der Waals surface area contributed by atoms with Crippen molar-refractivity contribution in [3.8, 4) is 0 Å². The third-order valence-corrected chi connectivity index (χ3v) is 2.80. The van der Waals surface area contributed by atoms with Crippen LogP contribution in [0.1, 0.15) is 15.9 Å². The first-order chi connectivity index (χ1) is 9.16. The van der Waals surface area contributed by atoms with Crippen LogP contribution in [0.2, 0.25) is 10.3 Å². The van der Waals surface area contributed by atoms with E-state index in [0.717, 1.165) is 5.56 Å². The molecule has 2 rings (SSSR count). The summed E-state index contributed by atoms with van der Waals surface area (Å²) < 4.78 is 0. The van der Waals surface area contributed by atoms with E-state index in [-0.39, 0.29) is 22.5 Å². The highest BCUT2D eigenvalue weighted by molar-refractivity contribution is 6.34. The zero-order valence-electron chi connectivity index (χ0n) is 9.77. The van der Waals surface area contributed by atoms with Crippen molar-refractivity contribution in [2.75, 3.05) is 0 Å². The summed E-state index contributed by atoms with van der Waals surface area (Å²) in [5.41, 5.74) is 3.46. The number of halogens is 2. The minimum absolute atomic E-state index is 0.0355. The normalized spacial score (nSPS) is 10.2. The molecule has 0 aliphatic carbocycles. The van der Waals surface area contributed by atoms with E-state index in [4.69, 9.17) is 28.0 Å². The number of hydrogen-bond acceptors (Lipinski definition) is 3. The molecule has 98 valence electrons. The summed E-state index contributed by atoms with van der Waals surface area (Å²) in [7, 11) is 0. The van der Waals surface area contributed by atoms with E-state index in [2.05, 4.69) is 10.5 Å². The number of pyridine rings is 1. The molecule has 0 saturated heterocycles. The minimum atomic E-state index is -0.468. The van der Waals surface area contributed by atoms with Gasteiger partial charge in [0.25, 0.3) is 5.91 Å². The molecule has 2 aromatic rings. The van der Waals surface area contributed by atoms with E-state index in [1.165, 1.54) is 12.1 Å². The summed E-state index contributed by atoms with van der Waals surface area (Å²) in [4.78, 5) is 20.6. The fourth-order valence-electron chi connectivity index (χ4n) is 1.40. The predicted molar refractivity (Wildman–Crippen MR) is 73.0 cm³/mol. The number of benzene rings is 1. The van der Waals surface area contributed by atoms with Crippen LogP contribution in [0.5, 0.6) is 0 Å². The summed E-state index contributed by atoms with van der Waals surface area (Å²) in [5.74, 6) is -0.468. The van der Waals surface area contributed by atoms with E-state index < -0.39 is 5.91 Å². The number of hydroxylamine groups is 1. The molecule has 0 unspecified atom stereocenters. The number of nitrogens with one attached hydrogen (secondary N) is 1. The monoisotopic (exact) mass is 296 g/mol. The maximum Gasteiger partial charge on any atom is 0.277 e. The van der Waals surface area contributed by atoms with Gasteiger partial charge in [0.05, 0.1) is 12.2 Å². The third kappa shape index (κ3) is 3.92. The molecule has 0 radical (unpaired) electrons. The Morgan fingerprint density at radius 3 is 2.58 bits per heavy atom. The summed E-state index contributed by atoms with van der Waals surface area (Å²) in [5, 5.41) is 0.264. The molecular formula is C13H10Cl2N2O2. The molecule has 0 atom stereocenters. The van der Waals surface area contributed by atoms with Crippen LogP contribution in [0.3, 0.4) is 0 Å². The predicted octanol–water partition coefficient (Wildman–Crippen LogP) is 3.25. The zero-order chi connectivity index (χ0) is 13.7. The molecule has 1 aromatic carbocycles. The lowest BCUT2D eigenvalue weighted by Crippen LogP contribution is -2.24. The lowest BCUT2D eigenvalue weighted by atomic mass is 10.2. The molecular weight excluding hydrogens is 287 g/mol. The van der Waals surface area contributed by atoms with Crippen LogP contribution < -0.4 is 5.48 Å². The number of carbonyl (C=O) groups excluding carboxylic acids is 1. The van der Waals surface area contributed by atoms with Gasteiger partial charge in [0.2, 0.25) is 0 Å². The van der Waals surface area contributed by atoms with Crippen LogP contribution in [0.25, 0.3) is 0 Å². The molecule has 4 nitrogen and oxygen atoms in total. The molecule has 0 spiro atoms. The molecule has 1 amide bonds. The van der Waals surface area contributed by atoms with Gasteiger partial charge in [0, 0.05) is 0 Å². The van der Waals surface area contributed by atoms with E-state index in [1.807, 2.05) is 30.3 Å². The second-order valence-electron chi connectivity index (χ2n) is 3.68. The van der Waals surface area contributed by atoms with E-state index >= 15 is 0 Å². The largest absolute Gasteiger partial charge is 0.277 e. The Labute approximate surface area is 120 Å². The number of rotatable bonds is 4. The van der Waals surface area contributed by atoms with Crippen molar-refractivity contribution in [2.24, 2.45) is 0 Å². The van der Waals surface area contributed by atoms with Crippen LogP contribution in [0.4, 0.5) is 0 Å². The molecule has 19 heavy (non-hydrogen) atoms. The first kappa shape index (κ1) is 13.8. The number of amides is 1. The number of aromatic nitrogens is 1. The second-order valence-corrected chi connectivity index (χ2v) is 4.42. The summed E-state index contributed by atoms with van der Waals surface area (Å²) in [6, 6.07) is 12.4. The number of nitrogens with zero attached hydrogens (tertiary/aromatic N) is 1. The van der Waals surface area contributed by atoms with Gasteiger partial charge in [0.15, 0.2) is 0 Å². The number of carbonyl (C=O) groups is 1. The molecule has 0 saturated carbocycles. The lowest BCUT2D eigenvalue weighted by molar-refractivity contribution is 0.0233. The van der Waals surface area contributed by atoms with Gasteiger partial charge in [-0.15, -0.1) is 0 Å². The Kier molecular flexibility index (Phi) is 4.74. The van der Waals surface area contributed by atoms with Crippen molar-refractivity contribution < 1.29 is 9.63 Å². The van der Waals surface area contributed by atoms with E-state index in [1.54, 1.807) is 0 Å². The average molecular weight is 297 g/mol. The van der Waals surface area contributed by atoms with Gasteiger partial charge < -0.3 is 0 Å². The van der Waals surface area contributed by atoms with Gasteiger partial charge in [-0.25, -0.2) is 10.5 Å². The Hall–Kier alpha value is -1.62. The number of hydrogen-bond donors (Lipinski definition) is 1. The SMILES string of the molecule is O=C(NOCc1ccccc1)c1ccc(Cl)nc1Cl. The highest BCUT2D eigenvalue weighted by atomic mass is 35.5. The van der Waals surface area contributed by atoms with Gasteiger partial charge >= 0.3 is 0 Å². The summed E-state index contributed by atoms with van der Waals surface area (Å²) in [6.45, 7) is 0.269. The van der Waals surface area contributed by atoms with Gasteiger partial charge in [-0.1, -0.05) is 53.5 Å². The molecule has 1 N–H and O–H groups in total. The van der Waals surface area contributed by atoms with Crippen molar-refractivity contribution >= 4 is 29.1 Å². The minimum Gasteiger partial charge on any atom is -0.269 e. The quantitative estimate of drug-likeness (QED) is 0.696. The fourth-order valence-corrected chi connectivity index (χ4v) is 1.83. The van der Waals surface area contributed by atoms with Gasteiger partial charge in [-0.2, -0.15) is 0 Å². The Morgan fingerprint density at radius 1 is 1.16 bits per heavy atom. The van der Waals surface area contributed by atoms with Crippen LogP contribution in [-0.4, -0.2) is 10.9 Å². The van der Waals surface area contributed by atoms with Crippen LogP contribution in [0.15, 0.2) is 42.5 Å². The smallest absolute Gasteiger partial charge is 0.269 e. The first-order valence-electron chi connectivity index (χ1n) is 5.45. The maximum absolute atomic E-state index is 11.8. The Morgan fingerprint density at radius 2 is 1.89 bits per heavy atom. The van der Waals surface area contributed by atoms with Gasteiger partial charge in [0.1, 0.15) is 10.3 Å². The summed E-state index contributed by atoms with van der Waals surface area (Å²) >= 11 is 11.5. The zero-order valence-corrected chi connectivity index (χ0v) is 11.3. The van der Waals surface area contributed by atoms with Gasteiger partial charge in [-0.3, -0.25) is 9.63 Å². The van der Waals surface area contributed by atoms with Gasteiger partial charge in [-0.05, 0) is 17.7 Å². The van der Waals surface area contributed by atoms with Crippen molar-refractivity contribution in [1.82, 2.24) is 10.5 Å². The highest BCUT2D eigenvalue weighted by Gasteiger charge is 2.11. The third-order valence-electron chi connectivity index (χ3n) is 2.31. The molecule has 0 bridgehead atoms. The van der Waals surface area contributed by atoms with Crippen molar-refractivity contribution in [2.45, 2.75) is 6.61 Å². The van der Waals surface area contributed by atoms with E-state index in [0.29, 0.717) is 0 Å². The fraction of sp³-hybridized carbons (Fsp3) is 0.0769. The first-order valence-corrected chi connectivity index (χ1v) is 6.20. The molecule has 0 aliphatic heterocycles. The molecule has 1 heterocycles. The standard InChI is InChI=1S/C13H10Cl2N2O2/c14-11-7-6-10(12(15)16-11)13(18)17-19-8-9-4-2-1-3-5-9/h1-7H,8H2,(H,17,18). The molecule has 0 fully saturated rings. The molecule has 6 heteroatoms. The average Bonchev–Trinajstić information content (AvgIpc) is 2.39. The Bertz CT molecular complexity index is 576. The van der Waals surface area contributed by atoms with Crippen molar-refractivity contribution in [3.05, 3.63) is 63.9 Å². The Balaban J connectivity index is 1.91. The van der Waals surface area contributed by atoms with E-state index in [9.17, 15) is 4.79 Å².